The van der Waals surface area contributed by atoms with Gasteiger partial charge >= 0.3 is 11.9 Å². The number of halogens is 1. The summed E-state index contributed by atoms with van der Waals surface area (Å²) < 4.78 is 18.3. The first-order chi connectivity index (χ1) is 10.5. The van der Waals surface area contributed by atoms with Gasteiger partial charge in [-0.15, -0.1) is 0 Å². The first kappa shape index (κ1) is 16.0. The molecule has 0 fully saturated rings. The number of esters is 1. The number of carbonyl (C=O) groups is 2. The second-order valence-electron chi connectivity index (χ2n) is 4.45. The molecule has 4 nitrogen and oxygen atoms in total. The summed E-state index contributed by atoms with van der Waals surface area (Å²) >= 11 is 1.32. The van der Waals surface area contributed by atoms with Crippen LogP contribution in [-0.4, -0.2) is 24.2 Å². The van der Waals surface area contributed by atoms with Crippen LogP contribution in [0.5, 0.6) is 0 Å². The van der Waals surface area contributed by atoms with Gasteiger partial charge in [0, 0.05) is 9.79 Å². The molecule has 0 amide bonds. The van der Waals surface area contributed by atoms with Gasteiger partial charge in [-0.05, 0) is 35.9 Å². The molecule has 0 aliphatic rings. The summed E-state index contributed by atoms with van der Waals surface area (Å²) in [6, 6.07) is 11.3. The van der Waals surface area contributed by atoms with Crippen LogP contribution >= 0.6 is 11.8 Å². The largest absolute Gasteiger partial charge is 0.481 e. The van der Waals surface area contributed by atoms with E-state index in [2.05, 4.69) is 4.74 Å². The Bertz CT molecular complexity index is 698. The Hall–Kier alpha value is -2.34. The van der Waals surface area contributed by atoms with Gasteiger partial charge in [-0.3, -0.25) is 4.79 Å². The molecule has 6 heteroatoms. The van der Waals surface area contributed by atoms with Crippen LogP contribution in [0.15, 0.2) is 52.3 Å². The average molecular weight is 320 g/mol. The number of rotatable bonds is 5. The molecule has 0 radical (unpaired) electrons. The normalized spacial score (nSPS) is 10.3. The number of methoxy groups -OCH3 is 1. The molecule has 0 spiro atoms. The molecule has 0 unspecified atom stereocenters. The molecule has 0 saturated heterocycles. The first-order valence-electron chi connectivity index (χ1n) is 6.36. The molecule has 0 aliphatic heterocycles. The van der Waals surface area contributed by atoms with E-state index in [1.54, 1.807) is 30.3 Å². The van der Waals surface area contributed by atoms with Crippen LogP contribution in [0, 0.1) is 5.82 Å². The standard InChI is InChI=1S/C16H13FO4S/c1-21-16(20)13-7-6-12(9-14(13)17)22-11-4-2-10(3-5-11)8-15(18)19/h2-7,9H,8H2,1H3,(H,18,19). The molecule has 0 atom stereocenters. The number of carboxylic acid groups (broad SMARTS) is 1. The summed E-state index contributed by atoms with van der Waals surface area (Å²) in [5.41, 5.74) is 0.590. The van der Waals surface area contributed by atoms with E-state index in [1.165, 1.54) is 31.0 Å². The Balaban J connectivity index is 2.12. The lowest BCUT2D eigenvalue weighted by Gasteiger charge is -2.05. The van der Waals surface area contributed by atoms with Crippen molar-refractivity contribution in [3.8, 4) is 0 Å². The average Bonchev–Trinajstić information content (AvgIpc) is 2.48. The van der Waals surface area contributed by atoms with E-state index < -0.39 is 17.8 Å². The van der Waals surface area contributed by atoms with Gasteiger partial charge < -0.3 is 9.84 Å². The van der Waals surface area contributed by atoms with Gasteiger partial charge in [0.25, 0.3) is 0 Å². The van der Waals surface area contributed by atoms with Crippen molar-refractivity contribution in [2.75, 3.05) is 7.11 Å². The van der Waals surface area contributed by atoms with E-state index in [-0.39, 0.29) is 12.0 Å². The van der Waals surface area contributed by atoms with Crippen molar-refractivity contribution in [1.29, 1.82) is 0 Å². The third-order valence-electron chi connectivity index (χ3n) is 2.86. The van der Waals surface area contributed by atoms with Gasteiger partial charge in [-0.2, -0.15) is 0 Å². The second kappa shape index (κ2) is 7.09. The molecule has 2 aromatic rings. The lowest BCUT2D eigenvalue weighted by molar-refractivity contribution is -0.136. The molecule has 0 bridgehead atoms. The van der Waals surface area contributed by atoms with Gasteiger partial charge in [0.15, 0.2) is 0 Å². The predicted molar refractivity (Wildman–Crippen MR) is 79.6 cm³/mol. The van der Waals surface area contributed by atoms with Crippen LogP contribution in [0.3, 0.4) is 0 Å². The van der Waals surface area contributed by atoms with E-state index in [0.717, 1.165) is 4.90 Å². The van der Waals surface area contributed by atoms with Crippen molar-refractivity contribution >= 4 is 23.7 Å². The fraction of sp³-hybridized carbons (Fsp3) is 0.125. The highest BCUT2D eigenvalue weighted by Crippen LogP contribution is 2.29. The highest BCUT2D eigenvalue weighted by atomic mass is 32.2. The predicted octanol–water partition coefficient (Wildman–Crippen LogP) is 3.39. The van der Waals surface area contributed by atoms with Crippen LogP contribution in [0.4, 0.5) is 4.39 Å². The summed E-state index contributed by atoms with van der Waals surface area (Å²) in [7, 11) is 1.20. The van der Waals surface area contributed by atoms with Crippen molar-refractivity contribution in [3.05, 3.63) is 59.4 Å². The van der Waals surface area contributed by atoms with Gasteiger partial charge in [0.05, 0.1) is 19.1 Å². The Morgan fingerprint density at radius 1 is 1.14 bits per heavy atom. The SMILES string of the molecule is COC(=O)c1ccc(Sc2ccc(CC(=O)O)cc2)cc1F. The Kier molecular flexibility index (Phi) is 5.16. The number of benzene rings is 2. The zero-order valence-electron chi connectivity index (χ0n) is 11.7. The Morgan fingerprint density at radius 3 is 2.32 bits per heavy atom. The molecule has 1 N–H and O–H groups in total. The molecule has 0 saturated carbocycles. The zero-order chi connectivity index (χ0) is 16.1. The van der Waals surface area contributed by atoms with Gasteiger partial charge in [0.2, 0.25) is 0 Å². The smallest absolute Gasteiger partial charge is 0.340 e. The van der Waals surface area contributed by atoms with Crippen molar-refractivity contribution in [2.45, 2.75) is 16.2 Å². The van der Waals surface area contributed by atoms with E-state index in [4.69, 9.17) is 5.11 Å². The number of ether oxygens (including phenoxy) is 1. The van der Waals surface area contributed by atoms with Crippen molar-refractivity contribution in [2.24, 2.45) is 0 Å². The fourth-order valence-corrected chi connectivity index (χ4v) is 2.66. The lowest BCUT2D eigenvalue weighted by atomic mass is 10.2. The molecule has 0 aromatic heterocycles. The van der Waals surface area contributed by atoms with Crippen LogP contribution < -0.4 is 0 Å². The monoisotopic (exact) mass is 320 g/mol. The highest BCUT2D eigenvalue weighted by Gasteiger charge is 2.12. The van der Waals surface area contributed by atoms with Crippen molar-refractivity contribution in [3.63, 3.8) is 0 Å². The maximum absolute atomic E-state index is 13.8. The fourth-order valence-electron chi connectivity index (χ4n) is 1.82. The highest BCUT2D eigenvalue weighted by molar-refractivity contribution is 7.99. The van der Waals surface area contributed by atoms with Gasteiger partial charge in [-0.25, -0.2) is 9.18 Å². The van der Waals surface area contributed by atoms with E-state index in [1.807, 2.05) is 0 Å². The van der Waals surface area contributed by atoms with Crippen LogP contribution in [-0.2, 0) is 16.0 Å². The minimum atomic E-state index is -0.888. The number of aliphatic carboxylic acids is 1. The maximum Gasteiger partial charge on any atom is 0.340 e. The molecule has 0 aliphatic carbocycles. The number of hydrogen-bond donors (Lipinski definition) is 1. The molecule has 2 aromatic carbocycles. The topological polar surface area (TPSA) is 63.6 Å². The van der Waals surface area contributed by atoms with Crippen molar-refractivity contribution in [1.82, 2.24) is 0 Å². The maximum atomic E-state index is 13.8. The molecule has 2 rings (SSSR count). The third-order valence-corrected chi connectivity index (χ3v) is 3.86. The summed E-state index contributed by atoms with van der Waals surface area (Å²) in [4.78, 5) is 23.4. The van der Waals surface area contributed by atoms with Crippen LogP contribution in [0.2, 0.25) is 0 Å². The van der Waals surface area contributed by atoms with E-state index in [9.17, 15) is 14.0 Å². The quantitative estimate of drug-likeness (QED) is 0.856. The number of carbonyl (C=O) groups excluding carboxylic acids is 1. The molecule has 114 valence electrons. The van der Waals surface area contributed by atoms with Gasteiger partial charge in [0.1, 0.15) is 5.82 Å². The minimum Gasteiger partial charge on any atom is -0.481 e. The summed E-state index contributed by atoms with van der Waals surface area (Å²) in [5.74, 6) is -2.24. The van der Waals surface area contributed by atoms with Crippen LogP contribution in [0.1, 0.15) is 15.9 Å². The van der Waals surface area contributed by atoms with E-state index in [0.29, 0.717) is 10.5 Å². The Labute approximate surface area is 130 Å². The third kappa shape index (κ3) is 4.08. The Morgan fingerprint density at radius 2 is 1.77 bits per heavy atom. The van der Waals surface area contributed by atoms with Gasteiger partial charge in [-0.1, -0.05) is 23.9 Å². The molecule has 0 heterocycles. The molecule has 22 heavy (non-hydrogen) atoms. The van der Waals surface area contributed by atoms with E-state index >= 15 is 0 Å². The van der Waals surface area contributed by atoms with Crippen LogP contribution in [0.25, 0.3) is 0 Å². The summed E-state index contributed by atoms with van der Waals surface area (Å²) in [6.45, 7) is 0. The first-order valence-corrected chi connectivity index (χ1v) is 7.17. The number of hydrogen-bond acceptors (Lipinski definition) is 4. The second-order valence-corrected chi connectivity index (χ2v) is 5.60. The number of carboxylic acids is 1. The lowest BCUT2D eigenvalue weighted by Crippen LogP contribution is -2.04. The summed E-state index contributed by atoms with van der Waals surface area (Å²) in [6.07, 6.45) is -0.0343. The van der Waals surface area contributed by atoms with Crippen molar-refractivity contribution < 1.29 is 23.8 Å². The summed E-state index contributed by atoms with van der Waals surface area (Å²) in [5, 5.41) is 8.71. The minimum absolute atomic E-state index is 0.0343. The zero-order valence-corrected chi connectivity index (χ0v) is 12.5. The molecular formula is C16H13FO4S. The molecular weight excluding hydrogens is 307 g/mol.